The third-order valence-electron chi connectivity index (χ3n) is 4.40. The van der Waals surface area contributed by atoms with Crippen LogP contribution in [0, 0.1) is 5.82 Å². The molecule has 0 bridgehead atoms. The van der Waals surface area contributed by atoms with Gasteiger partial charge in [0.15, 0.2) is 0 Å². The number of hydrogen-bond donors (Lipinski definition) is 0. The second-order valence-electron chi connectivity index (χ2n) is 8.09. The number of allylic oxidation sites excluding steroid dienone is 2. The highest BCUT2D eigenvalue weighted by molar-refractivity contribution is 5.87. The van der Waals surface area contributed by atoms with Gasteiger partial charge in [0.1, 0.15) is 29.4 Å². The maximum absolute atomic E-state index is 14.9. The van der Waals surface area contributed by atoms with Gasteiger partial charge in [0.2, 0.25) is 0 Å². The summed E-state index contributed by atoms with van der Waals surface area (Å²) in [5, 5.41) is 0. The summed E-state index contributed by atoms with van der Waals surface area (Å²) in [5.74, 6) is 0.000410. The van der Waals surface area contributed by atoms with Gasteiger partial charge in [-0.1, -0.05) is 43.0 Å². The Kier molecular flexibility index (Phi) is 13.2. The van der Waals surface area contributed by atoms with E-state index in [1.54, 1.807) is 50.4 Å². The first-order chi connectivity index (χ1) is 18.1. The normalized spacial score (nSPS) is 9.29. The smallest absolute Gasteiger partial charge is 0.335 e. The monoisotopic (exact) mass is 518 g/mol. The predicted octanol–water partition coefficient (Wildman–Crippen LogP) is 7.14. The van der Waals surface area contributed by atoms with E-state index in [1.807, 2.05) is 13.8 Å². The van der Waals surface area contributed by atoms with Gasteiger partial charge in [-0.3, -0.25) is 9.59 Å². The Balaban J connectivity index is 0.000000694. The molecule has 0 N–H and O–H groups in total. The Morgan fingerprint density at radius 1 is 0.842 bits per heavy atom. The van der Waals surface area contributed by atoms with Crippen molar-refractivity contribution in [2.75, 3.05) is 7.11 Å². The minimum atomic E-state index is -0.660. The molecule has 0 aliphatic rings. The molecular formula is C31H31FO6. The van der Waals surface area contributed by atoms with Gasteiger partial charge in [0.05, 0.1) is 7.11 Å². The van der Waals surface area contributed by atoms with Crippen LogP contribution in [0.2, 0.25) is 0 Å². The molecule has 0 fully saturated rings. The molecule has 0 heterocycles. The summed E-state index contributed by atoms with van der Waals surface area (Å²) in [6.45, 7) is 16.2. The molecule has 3 rings (SSSR count). The van der Waals surface area contributed by atoms with Crippen LogP contribution in [0.25, 0.3) is 22.3 Å². The van der Waals surface area contributed by atoms with Gasteiger partial charge in [-0.05, 0) is 73.9 Å². The summed E-state index contributed by atoms with van der Waals surface area (Å²) < 4.78 is 30.2. The Hall–Kier alpha value is -4.78. The SMILES string of the molecule is C=C(C)C.C=C(C)C=O.C=CC(=O)Oc1cc(-c2ccc(OC=O)cc2)c(F)cc1-c1ccc(OC)cc1. The van der Waals surface area contributed by atoms with Crippen molar-refractivity contribution in [1.82, 2.24) is 0 Å². The van der Waals surface area contributed by atoms with Gasteiger partial charge in [-0.25, -0.2) is 9.18 Å². The molecule has 0 unspecified atom stereocenters. The third-order valence-corrected chi connectivity index (χ3v) is 4.40. The molecule has 3 aromatic carbocycles. The van der Waals surface area contributed by atoms with Gasteiger partial charge in [0.25, 0.3) is 6.47 Å². The number of carbonyl (C=O) groups excluding carboxylic acids is 3. The molecule has 0 aromatic heterocycles. The number of rotatable bonds is 8. The van der Waals surface area contributed by atoms with Gasteiger partial charge in [-0.2, -0.15) is 0 Å². The van der Waals surface area contributed by atoms with Crippen molar-refractivity contribution in [3.8, 4) is 39.5 Å². The molecule has 0 spiro atoms. The van der Waals surface area contributed by atoms with E-state index >= 15 is 0 Å². The van der Waals surface area contributed by atoms with Crippen molar-refractivity contribution >= 4 is 18.7 Å². The average molecular weight is 519 g/mol. The molecule has 3 aromatic rings. The van der Waals surface area contributed by atoms with Crippen molar-refractivity contribution in [3.63, 3.8) is 0 Å². The Bertz CT molecular complexity index is 1270. The van der Waals surface area contributed by atoms with Crippen LogP contribution in [0.3, 0.4) is 0 Å². The summed E-state index contributed by atoms with van der Waals surface area (Å²) in [6.07, 6.45) is 1.76. The van der Waals surface area contributed by atoms with Crippen LogP contribution in [0.4, 0.5) is 4.39 Å². The van der Waals surface area contributed by atoms with E-state index in [4.69, 9.17) is 14.2 Å². The van der Waals surface area contributed by atoms with Crippen molar-refractivity contribution in [3.05, 3.63) is 103 Å². The lowest BCUT2D eigenvalue weighted by Gasteiger charge is -2.14. The molecule has 0 atom stereocenters. The van der Waals surface area contributed by atoms with E-state index in [9.17, 15) is 18.8 Å². The zero-order chi connectivity index (χ0) is 28.7. The molecule has 0 aliphatic heterocycles. The average Bonchev–Trinajstić information content (AvgIpc) is 2.90. The summed E-state index contributed by atoms with van der Waals surface area (Å²) >= 11 is 0. The van der Waals surface area contributed by atoms with Crippen molar-refractivity contribution in [1.29, 1.82) is 0 Å². The molecule has 7 heteroatoms. The van der Waals surface area contributed by atoms with Crippen LogP contribution >= 0.6 is 0 Å². The minimum absolute atomic E-state index is 0.185. The fraction of sp³-hybridized carbons (Fsp3) is 0.129. The highest BCUT2D eigenvalue weighted by Crippen LogP contribution is 2.37. The number of ether oxygens (including phenoxy) is 3. The molecular weight excluding hydrogens is 487 g/mol. The van der Waals surface area contributed by atoms with Crippen LogP contribution in [-0.4, -0.2) is 25.8 Å². The number of esters is 1. The van der Waals surface area contributed by atoms with E-state index < -0.39 is 11.8 Å². The van der Waals surface area contributed by atoms with Crippen molar-refractivity contribution < 1.29 is 33.0 Å². The van der Waals surface area contributed by atoms with Crippen LogP contribution in [0.15, 0.2) is 97.6 Å². The number of aldehydes is 1. The van der Waals surface area contributed by atoms with Gasteiger partial charge >= 0.3 is 5.97 Å². The molecule has 0 saturated heterocycles. The van der Waals surface area contributed by atoms with E-state index in [0.717, 1.165) is 12.4 Å². The second kappa shape index (κ2) is 16.1. The Morgan fingerprint density at radius 3 is 1.74 bits per heavy atom. The second-order valence-corrected chi connectivity index (χ2v) is 8.09. The highest BCUT2D eigenvalue weighted by atomic mass is 19.1. The number of hydrogen-bond acceptors (Lipinski definition) is 6. The Labute approximate surface area is 222 Å². The summed E-state index contributed by atoms with van der Waals surface area (Å²) in [4.78, 5) is 31.6. The number of carbonyl (C=O) groups is 3. The van der Waals surface area contributed by atoms with E-state index in [-0.39, 0.29) is 11.3 Å². The van der Waals surface area contributed by atoms with E-state index in [2.05, 4.69) is 19.7 Å². The maximum Gasteiger partial charge on any atom is 0.335 e. The molecule has 198 valence electrons. The lowest BCUT2D eigenvalue weighted by molar-refractivity contribution is -0.129. The minimum Gasteiger partial charge on any atom is -0.497 e. The summed E-state index contributed by atoms with van der Waals surface area (Å²) in [6, 6.07) is 16.0. The highest BCUT2D eigenvalue weighted by Gasteiger charge is 2.16. The first-order valence-electron chi connectivity index (χ1n) is 11.3. The van der Waals surface area contributed by atoms with E-state index in [0.29, 0.717) is 40.2 Å². The van der Waals surface area contributed by atoms with Crippen LogP contribution in [0.5, 0.6) is 17.2 Å². The standard InChI is InChI=1S/C23H17FO5.C4H6O.C4H8/c1-3-23(26)29-22-13-19(15-6-10-18(11-7-15)28-14-25)21(24)12-20(22)16-4-8-17(27-2)9-5-16;1-4(2)3-5;1-4(2)3/h3-14H,1H2,2H3;3H,1H2,2H3;1H2,2-3H3. The third kappa shape index (κ3) is 10.5. The summed E-state index contributed by atoms with van der Waals surface area (Å²) in [7, 11) is 1.55. The van der Waals surface area contributed by atoms with Crippen LogP contribution < -0.4 is 14.2 Å². The molecule has 0 saturated carbocycles. The maximum atomic E-state index is 14.9. The predicted molar refractivity (Wildman–Crippen MR) is 148 cm³/mol. The number of halogens is 1. The van der Waals surface area contributed by atoms with Gasteiger partial charge in [-0.15, -0.1) is 6.58 Å². The zero-order valence-electron chi connectivity index (χ0n) is 22.0. The quantitative estimate of drug-likeness (QED) is 0.104. The van der Waals surface area contributed by atoms with Crippen LogP contribution in [0.1, 0.15) is 20.8 Å². The number of methoxy groups -OCH3 is 1. The Morgan fingerprint density at radius 2 is 1.32 bits per heavy atom. The molecule has 38 heavy (non-hydrogen) atoms. The lowest BCUT2D eigenvalue weighted by Crippen LogP contribution is -2.05. The van der Waals surface area contributed by atoms with Crippen LogP contribution in [-0.2, 0) is 14.4 Å². The van der Waals surface area contributed by atoms with Crippen molar-refractivity contribution in [2.45, 2.75) is 20.8 Å². The largest absolute Gasteiger partial charge is 0.497 e. The zero-order valence-corrected chi connectivity index (χ0v) is 22.0. The molecule has 6 nitrogen and oxygen atoms in total. The summed E-state index contributed by atoms with van der Waals surface area (Å²) in [5.41, 5.74) is 3.55. The molecule has 0 aliphatic carbocycles. The topological polar surface area (TPSA) is 78.9 Å². The lowest BCUT2D eigenvalue weighted by atomic mass is 9.98. The molecule has 0 radical (unpaired) electrons. The first kappa shape index (κ1) is 31.3. The number of benzene rings is 3. The fourth-order valence-electron chi connectivity index (χ4n) is 2.77. The van der Waals surface area contributed by atoms with Gasteiger partial charge in [0, 0.05) is 17.2 Å². The first-order valence-corrected chi connectivity index (χ1v) is 11.3. The van der Waals surface area contributed by atoms with E-state index in [1.165, 1.54) is 29.8 Å². The van der Waals surface area contributed by atoms with Crippen molar-refractivity contribution in [2.24, 2.45) is 0 Å². The fourth-order valence-corrected chi connectivity index (χ4v) is 2.77. The molecule has 0 amide bonds. The van der Waals surface area contributed by atoms with Gasteiger partial charge < -0.3 is 14.2 Å².